The summed E-state index contributed by atoms with van der Waals surface area (Å²) in [6.07, 6.45) is 0.0622. The molecule has 0 aliphatic carbocycles. The fourth-order valence-corrected chi connectivity index (χ4v) is 2.12. The molecule has 5 nitrogen and oxygen atoms in total. The molecule has 0 fully saturated rings. The van der Waals surface area contributed by atoms with Crippen LogP contribution in [0.1, 0.15) is 15.9 Å². The molecule has 0 aromatic heterocycles. The van der Waals surface area contributed by atoms with E-state index in [1.54, 1.807) is 24.3 Å². The molecule has 2 aromatic carbocycles. The van der Waals surface area contributed by atoms with Crippen molar-refractivity contribution in [3.05, 3.63) is 65.5 Å². The summed E-state index contributed by atoms with van der Waals surface area (Å²) in [5, 5.41) is 11.6. The molecule has 0 radical (unpaired) electrons. The Balaban J connectivity index is 2.14. The molecule has 0 aliphatic heterocycles. The van der Waals surface area contributed by atoms with Gasteiger partial charge in [0.15, 0.2) is 0 Å². The smallest absolute Gasteiger partial charge is 0.326 e. The zero-order chi connectivity index (χ0) is 16.8. The minimum Gasteiger partial charge on any atom is -0.497 e. The standard InChI is InChI=1S/C17H16FNO4/c1-23-12-6-4-5-11(9-12)10-15(17(21)22)19-16(20)13-7-2-3-8-14(13)18/h2-9,15H,10H2,1H3,(H,19,20)(H,21,22)/t15-/m0/s1. The van der Waals surface area contributed by atoms with Gasteiger partial charge in [0.2, 0.25) is 0 Å². The Labute approximate surface area is 132 Å². The van der Waals surface area contributed by atoms with E-state index < -0.39 is 23.7 Å². The highest BCUT2D eigenvalue weighted by Gasteiger charge is 2.22. The number of hydrogen-bond acceptors (Lipinski definition) is 3. The minimum absolute atomic E-state index is 0.0622. The molecule has 0 spiro atoms. The van der Waals surface area contributed by atoms with Crippen LogP contribution in [0.15, 0.2) is 48.5 Å². The second-order valence-electron chi connectivity index (χ2n) is 4.90. The topological polar surface area (TPSA) is 75.6 Å². The Hall–Kier alpha value is -2.89. The summed E-state index contributed by atoms with van der Waals surface area (Å²) in [6.45, 7) is 0. The van der Waals surface area contributed by atoms with Gasteiger partial charge < -0.3 is 15.2 Å². The van der Waals surface area contributed by atoms with Crippen LogP contribution in [0.4, 0.5) is 4.39 Å². The molecule has 0 aliphatic rings. The van der Waals surface area contributed by atoms with E-state index >= 15 is 0 Å². The molecule has 1 atom stereocenters. The molecule has 2 aromatic rings. The summed E-state index contributed by atoms with van der Waals surface area (Å²) < 4.78 is 18.7. The second kappa shape index (κ2) is 7.40. The summed E-state index contributed by atoms with van der Waals surface area (Å²) in [7, 11) is 1.51. The number of benzene rings is 2. The van der Waals surface area contributed by atoms with Gasteiger partial charge in [-0.05, 0) is 29.8 Å². The van der Waals surface area contributed by atoms with Crippen molar-refractivity contribution in [3.63, 3.8) is 0 Å². The number of carbonyl (C=O) groups is 2. The number of carboxylic acids is 1. The number of amides is 1. The zero-order valence-corrected chi connectivity index (χ0v) is 12.5. The molecule has 2 rings (SSSR count). The van der Waals surface area contributed by atoms with Crippen LogP contribution >= 0.6 is 0 Å². The van der Waals surface area contributed by atoms with E-state index in [0.29, 0.717) is 11.3 Å². The average Bonchev–Trinajstić information content (AvgIpc) is 2.54. The number of nitrogens with one attached hydrogen (secondary N) is 1. The van der Waals surface area contributed by atoms with Crippen LogP contribution in [0.25, 0.3) is 0 Å². The van der Waals surface area contributed by atoms with E-state index in [-0.39, 0.29) is 12.0 Å². The van der Waals surface area contributed by atoms with Gasteiger partial charge in [-0.25, -0.2) is 9.18 Å². The normalized spacial score (nSPS) is 11.6. The SMILES string of the molecule is COc1cccc(C[C@H](NC(=O)c2ccccc2F)C(=O)O)c1. The number of methoxy groups -OCH3 is 1. The Morgan fingerprint density at radius 2 is 1.96 bits per heavy atom. The first-order valence-electron chi connectivity index (χ1n) is 6.92. The van der Waals surface area contributed by atoms with E-state index in [0.717, 1.165) is 6.07 Å². The van der Waals surface area contributed by atoms with E-state index in [1.807, 2.05) is 0 Å². The van der Waals surface area contributed by atoms with Crippen molar-refractivity contribution in [2.24, 2.45) is 0 Å². The molecule has 0 saturated heterocycles. The van der Waals surface area contributed by atoms with Gasteiger partial charge in [0.1, 0.15) is 17.6 Å². The fraction of sp³-hybridized carbons (Fsp3) is 0.176. The third-order valence-corrected chi connectivity index (χ3v) is 3.30. The molecule has 0 saturated carbocycles. The molecular formula is C17H16FNO4. The van der Waals surface area contributed by atoms with Crippen molar-refractivity contribution in [1.82, 2.24) is 5.32 Å². The maximum absolute atomic E-state index is 13.6. The van der Waals surface area contributed by atoms with Crippen LogP contribution in [0.2, 0.25) is 0 Å². The van der Waals surface area contributed by atoms with Gasteiger partial charge in [-0.3, -0.25) is 4.79 Å². The minimum atomic E-state index is -1.20. The highest BCUT2D eigenvalue weighted by Crippen LogP contribution is 2.14. The highest BCUT2D eigenvalue weighted by atomic mass is 19.1. The monoisotopic (exact) mass is 317 g/mol. The molecule has 6 heteroatoms. The van der Waals surface area contributed by atoms with Gasteiger partial charge >= 0.3 is 5.97 Å². The second-order valence-corrected chi connectivity index (χ2v) is 4.90. The molecule has 0 heterocycles. The van der Waals surface area contributed by atoms with Crippen molar-refractivity contribution in [2.45, 2.75) is 12.5 Å². The number of aliphatic carboxylic acids is 1. The third-order valence-electron chi connectivity index (χ3n) is 3.30. The maximum atomic E-state index is 13.6. The Morgan fingerprint density at radius 1 is 1.22 bits per heavy atom. The van der Waals surface area contributed by atoms with Gasteiger partial charge in [0.05, 0.1) is 12.7 Å². The maximum Gasteiger partial charge on any atom is 0.326 e. The Bertz CT molecular complexity index is 717. The molecular weight excluding hydrogens is 301 g/mol. The number of ether oxygens (including phenoxy) is 1. The van der Waals surface area contributed by atoms with E-state index in [2.05, 4.69) is 5.32 Å². The number of hydrogen-bond donors (Lipinski definition) is 2. The van der Waals surface area contributed by atoms with Crippen LogP contribution in [-0.2, 0) is 11.2 Å². The van der Waals surface area contributed by atoms with Crippen LogP contribution in [0, 0.1) is 5.82 Å². The predicted octanol–water partition coefficient (Wildman–Crippen LogP) is 2.26. The summed E-state index contributed by atoms with van der Waals surface area (Å²) in [5.41, 5.74) is 0.495. The van der Waals surface area contributed by atoms with E-state index in [4.69, 9.17) is 4.74 Å². The first kappa shape index (κ1) is 16.5. The summed E-state index contributed by atoms with van der Waals surface area (Å²) in [6, 6.07) is 11.1. The van der Waals surface area contributed by atoms with Crippen molar-refractivity contribution >= 4 is 11.9 Å². The van der Waals surface area contributed by atoms with Gasteiger partial charge in [-0.15, -0.1) is 0 Å². The lowest BCUT2D eigenvalue weighted by Crippen LogP contribution is -2.42. The summed E-state index contributed by atoms with van der Waals surface area (Å²) in [4.78, 5) is 23.4. The molecule has 120 valence electrons. The first-order chi connectivity index (χ1) is 11.0. The van der Waals surface area contributed by atoms with Gasteiger partial charge in [0.25, 0.3) is 5.91 Å². The molecule has 2 N–H and O–H groups in total. The lowest BCUT2D eigenvalue weighted by atomic mass is 10.0. The van der Waals surface area contributed by atoms with Crippen molar-refractivity contribution in [1.29, 1.82) is 0 Å². The summed E-state index contributed by atoms with van der Waals surface area (Å²) >= 11 is 0. The number of rotatable bonds is 6. The third kappa shape index (κ3) is 4.29. The highest BCUT2D eigenvalue weighted by molar-refractivity contribution is 5.96. The van der Waals surface area contributed by atoms with Gasteiger partial charge in [-0.2, -0.15) is 0 Å². The zero-order valence-electron chi connectivity index (χ0n) is 12.5. The van der Waals surface area contributed by atoms with Gasteiger partial charge in [-0.1, -0.05) is 24.3 Å². The first-order valence-corrected chi connectivity index (χ1v) is 6.92. The van der Waals surface area contributed by atoms with Crippen LogP contribution in [-0.4, -0.2) is 30.1 Å². The quantitative estimate of drug-likeness (QED) is 0.857. The lowest BCUT2D eigenvalue weighted by molar-refractivity contribution is -0.139. The van der Waals surface area contributed by atoms with E-state index in [9.17, 15) is 19.1 Å². The van der Waals surface area contributed by atoms with Crippen LogP contribution in [0.5, 0.6) is 5.75 Å². The number of carbonyl (C=O) groups excluding carboxylic acids is 1. The van der Waals surface area contributed by atoms with Crippen molar-refractivity contribution in [2.75, 3.05) is 7.11 Å². The Morgan fingerprint density at radius 3 is 2.61 bits per heavy atom. The molecule has 0 unspecified atom stereocenters. The van der Waals surface area contributed by atoms with Crippen LogP contribution in [0.3, 0.4) is 0 Å². The number of carboxylic acid groups (broad SMARTS) is 1. The fourth-order valence-electron chi connectivity index (χ4n) is 2.12. The largest absolute Gasteiger partial charge is 0.497 e. The Kier molecular flexibility index (Phi) is 5.30. The molecule has 1 amide bonds. The lowest BCUT2D eigenvalue weighted by Gasteiger charge is -2.15. The molecule has 23 heavy (non-hydrogen) atoms. The van der Waals surface area contributed by atoms with E-state index in [1.165, 1.54) is 25.3 Å². The van der Waals surface area contributed by atoms with Crippen molar-refractivity contribution in [3.8, 4) is 5.75 Å². The van der Waals surface area contributed by atoms with Crippen LogP contribution < -0.4 is 10.1 Å². The number of halogens is 1. The van der Waals surface area contributed by atoms with Crippen molar-refractivity contribution < 1.29 is 23.8 Å². The average molecular weight is 317 g/mol. The van der Waals surface area contributed by atoms with Gasteiger partial charge in [0, 0.05) is 6.42 Å². The summed E-state index contributed by atoms with van der Waals surface area (Å²) in [5.74, 6) is -2.07. The predicted molar refractivity (Wildman–Crippen MR) is 82.0 cm³/mol. The molecule has 0 bridgehead atoms.